The molecule has 5 nitrogen and oxygen atoms in total. The molecule has 1 aliphatic rings. The summed E-state index contributed by atoms with van der Waals surface area (Å²) in [7, 11) is 3.73. The number of methoxy groups -OCH3 is 1. The Morgan fingerprint density at radius 1 is 1.04 bits per heavy atom. The van der Waals surface area contributed by atoms with E-state index >= 15 is 0 Å². The minimum atomic E-state index is -0.473. The number of para-hydroxylation sites is 1. The van der Waals surface area contributed by atoms with Crippen molar-refractivity contribution in [2.24, 2.45) is 7.05 Å². The van der Waals surface area contributed by atoms with E-state index in [-0.39, 0.29) is 0 Å². The number of ether oxygens (including phenoxy) is 1. The highest BCUT2D eigenvalue weighted by molar-refractivity contribution is 5.84. The van der Waals surface area contributed by atoms with Crippen molar-refractivity contribution < 1.29 is 9.84 Å². The molecule has 0 saturated carbocycles. The average molecular weight is 365 g/mol. The lowest BCUT2D eigenvalue weighted by Gasteiger charge is -2.37. The molecular weight excluding hydrogens is 338 g/mol. The van der Waals surface area contributed by atoms with Gasteiger partial charge in [0, 0.05) is 74.2 Å². The predicted molar refractivity (Wildman–Crippen MR) is 110 cm³/mol. The predicted octanol–water partition coefficient (Wildman–Crippen LogP) is 3.04. The second kappa shape index (κ2) is 7.62. The zero-order valence-corrected chi connectivity index (χ0v) is 16.0. The zero-order valence-electron chi connectivity index (χ0n) is 16.0. The van der Waals surface area contributed by atoms with Crippen molar-refractivity contribution in [3.63, 3.8) is 0 Å². The highest BCUT2D eigenvalue weighted by Gasteiger charge is 2.22. The van der Waals surface area contributed by atoms with Crippen molar-refractivity contribution in [2.75, 3.05) is 44.7 Å². The van der Waals surface area contributed by atoms with E-state index in [1.807, 2.05) is 31.3 Å². The maximum Gasteiger partial charge on any atom is 0.120 e. The smallest absolute Gasteiger partial charge is 0.120 e. The van der Waals surface area contributed by atoms with Gasteiger partial charge in [-0.15, -0.1) is 0 Å². The molecule has 1 atom stereocenters. The molecule has 0 amide bonds. The number of anilines is 1. The molecule has 142 valence electrons. The first kappa shape index (κ1) is 17.9. The molecule has 1 aromatic heterocycles. The number of hydrogen-bond donors (Lipinski definition) is 1. The summed E-state index contributed by atoms with van der Waals surface area (Å²) < 4.78 is 7.43. The van der Waals surface area contributed by atoms with Gasteiger partial charge < -0.3 is 19.3 Å². The fourth-order valence-electron chi connectivity index (χ4n) is 3.98. The van der Waals surface area contributed by atoms with Crippen LogP contribution >= 0.6 is 0 Å². The summed E-state index contributed by atoms with van der Waals surface area (Å²) in [5.74, 6) is 0.890. The standard InChI is InChI=1S/C22H27N3O2/c1-23-15-20(19-8-3-4-9-21(19)23)22(26)16-24-10-12-25(13-11-24)17-6-5-7-18(14-17)27-2/h3-9,14-15,22,26H,10-13,16H2,1-2H3. The van der Waals surface area contributed by atoms with Crippen molar-refractivity contribution in [3.05, 3.63) is 60.3 Å². The van der Waals surface area contributed by atoms with Gasteiger partial charge in [-0.05, 0) is 18.2 Å². The van der Waals surface area contributed by atoms with Gasteiger partial charge in [0.2, 0.25) is 0 Å². The van der Waals surface area contributed by atoms with Gasteiger partial charge in [-0.2, -0.15) is 0 Å². The van der Waals surface area contributed by atoms with Gasteiger partial charge in [-0.25, -0.2) is 0 Å². The third-order valence-electron chi connectivity index (χ3n) is 5.51. The monoisotopic (exact) mass is 365 g/mol. The van der Waals surface area contributed by atoms with Crippen LogP contribution in [0, 0.1) is 0 Å². The van der Waals surface area contributed by atoms with Crippen molar-refractivity contribution in [1.29, 1.82) is 0 Å². The fourth-order valence-corrected chi connectivity index (χ4v) is 3.98. The summed E-state index contributed by atoms with van der Waals surface area (Å²) in [5.41, 5.74) is 3.38. The summed E-state index contributed by atoms with van der Waals surface area (Å²) in [6.07, 6.45) is 1.58. The molecule has 0 bridgehead atoms. The second-order valence-corrected chi connectivity index (χ2v) is 7.22. The molecule has 3 aromatic rings. The van der Waals surface area contributed by atoms with Crippen LogP contribution in [0.5, 0.6) is 5.75 Å². The van der Waals surface area contributed by atoms with E-state index in [0.717, 1.165) is 48.4 Å². The van der Waals surface area contributed by atoms with Crippen LogP contribution in [0.3, 0.4) is 0 Å². The number of fused-ring (bicyclic) bond motifs is 1. The lowest BCUT2D eigenvalue weighted by atomic mass is 10.1. The Morgan fingerprint density at radius 3 is 2.59 bits per heavy atom. The number of aromatic nitrogens is 1. The summed E-state index contributed by atoms with van der Waals surface area (Å²) in [4.78, 5) is 4.73. The lowest BCUT2D eigenvalue weighted by molar-refractivity contribution is 0.110. The van der Waals surface area contributed by atoms with Crippen molar-refractivity contribution in [2.45, 2.75) is 6.10 Å². The lowest BCUT2D eigenvalue weighted by Crippen LogP contribution is -2.47. The highest BCUT2D eigenvalue weighted by Crippen LogP contribution is 2.27. The maximum absolute atomic E-state index is 10.9. The van der Waals surface area contributed by atoms with E-state index in [1.54, 1.807) is 7.11 Å². The third kappa shape index (κ3) is 3.66. The van der Waals surface area contributed by atoms with Gasteiger partial charge in [0.25, 0.3) is 0 Å². The molecule has 4 rings (SSSR count). The molecule has 1 N–H and O–H groups in total. The number of benzene rings is 2. The number of aliphatic hydroxyl groups is 1. The van der Waals surface area contributed by atoms with Crippen LogP contribution in [0.4, 0.5) is 5.69 Å². The minimum absolute atomic E-state index is 0.473. The van der Waals surface area contributed by atoms with Crippen LogP contribution < -0.4 is 9.64 Å². The van der Waals surface area contributed by atoms with Gasteiger partial charge in [0.1, 0.15) is 5.75 Å². The topological polar surface area (TPSA) is 40.9 Å². The van der Waals surface area contributed by atoms with E-state index < -0.39 is 6.10 Å². The second-order valence-electron chi connectivity index (χ2n) is 7.22. The highest BCUT2D eigenvalue weighted by atomic mass is 16.5. The number of nitrogens with zero attached hydrogens (tertiary/aromatic N) is 3. The molecule has 1 unspecified atom stereocenters. The molecule has 0 aliphatic carbocycles. The molecule has 5 heteroatoms. The van der Waals surface area contributed by atoms with Gasteiger partial charge in [0.15, 0.2) is 0 Å². The summed E-state index contributed by atoms with van der Waals surface area (Å²) in [6.45, 7) is 4.46. The van der Waals surface area contributed by atoms with Crippen LogP contribution in [-0.4, -0.2) is 54.4 Å². The molecule has 1 fully saturated rings. The van der Waals surface area contributed by atoms with Crippen LogP contribution in [-0.2, 0) is 7.05 Å². The summed E-state index contributed by atoms with van der Waals surface area (Å²) >= 11 is 0. The number of aliphatic hydroxyl groups excluding tert-OH is 1. The van der Waals surface area contributed by atoms with Gasteiger partial charge in [-0.3, -0.25) is 4.90 Å². The number of piperazine rings is 1. The van der Waals surface area contributed by atoms with E-state index in [9.17, 15) is 5.11 Å². The molecule has 2 aromatic carbocycles. The van der Waals surface area contributed by atoms with Crippen molar-refractivity contribution in [3.8, 4) is 5.75 Å². The first-order valence-corrected chi connectivity index (χ1v) is 9.49. The van der Waals surface area contributed by atoms with Crippen LogP contribution in [0.1, 0.15) is 11.7 Å². The van der Waals surface area contributed by atoms with E-state index in [4.69, 9.17) is 4.74 Å². The van der Waals surface area contributed by atoms with Crippen LogP contribution in [0.15, 0.2) is 54.7 Å². The molecule has 27 heavy (non-hydrogen) atoms. The van der Waals surface area contributed by atoms with Gasteiger partial charge >= 0.3 is 0 Å². The molecule has 1 aliphatic heterocycles. The largest absolute Gasteiger partial charge is 0.497 e. The number of β-amino-alcohol motifs (C(OH)–C–C–N with tert-alkyl or cyclic N) is 1. The Balaban J connectivity index is 1.40. The van der Waals surface area contributed by atoms with E-state index in [2.05, 4.69) is 44.8 Å². The normalized spacial score (nSPS) is 16.6. The van der Waals surface area contributed by atoms with Gasteiger partial charge in [-0.1, -0.05) is 24.3 Å². The number of aryl methyl sites for hydroxylation is 1. The Labute approximate surface area is 160 Å². The number of hydrogen-bond acceptors (Lipinski definition) is 4. The fraction of sp³-hybridized carbons (Fsp3) is 0.364. The SMILES string of the molecule is COc1cccc(N2CCN(CC(O)c3cn(C)c4ccccc34)CC2)c1. The Hall–Kier alpha value is -2.50. The molecule has 1 saturated heterocycles. The molecule has 0 radical (unpaired) electrons. The molecular formula is C22H27N3O2. The third-order valence-corrected chi connectivity index (χ3v) is 5.51. The Morgan fingerprint density at radius 2 is 1.81 bits per heavy atom. The first-order valence-electron chi connectivity index (χ1n) is 9.49. The first-order chi connectivity index (χ1) is 13.2. The summed E-state index contributed by atoms with van der Waals surface area (Å²) in [6, 6.07) is 16.5. The van der Waals surface area contributed by atoms with Crippen molar-refractivity contribution in [1.82, 2.24) is 9.47 Å². The maximum atomic E-state index is 10.9. The summed E-state index contributed by atoms with van der Waals surface area (Å²) in [5, 5.41) is 12.0. The van der Waals surface area contributed by atoms with E-state index in [1.165, 1.54) is 5.69 Å². The van der Waals surface area contributed by atoms with Crippen LogP contribution in [0.25, 0.3) is 10.9 Å². The molecule has 2 heterocycles. The van der Waals surface area contributed by atoms with Crippen LogP contribution in [0.2, 0.25) is 0 Å². The van der Waals surface area contributed by atoms with Gasteiger partial charge in [0.05, 0.1) is 13.2 Å². The number of rotatable bonds is 5. The van der Waals surface area contributed by atoms with E-state index in [0.29, 0.717) is 6.54 Å². The quantitative estimate of drug-likeness (QED) is 0.755. The minimum Gasteiger partial charge on any atom is -0.497 e. The Kier molecular flexibility index (Phi) is 5.05. The van der Waals surface area contributed by atoms with Crippen molar-refractivity contribution >= 4 is 16.6 Å². The average Bonchev–Trinajstić information content (AvgIpc) is 3.06. The zero-order chi connectivity index (χ0) is 18.8. The Bertz CT molecular complexity index is 913. The molecule has 0 spiro atoms.